The molecule has 0 aliphatic carbocycles. The van der Waals surface area contributed by atoms with E-state index in [0.717, 1.165) is 11.1 Å². The second-order valence-electron chi connectivity index (χ2n) is 7.29. The number of hydrogen-bond donors (Lipinski definition) is 1. The third-order valence-electron chi connectivity index (χ3n) is 5.17. The second-order valence-corrected chi connectivity index (χ2v) is 7.70. The summed E-state index contributed by atoms with van der Waals surface area (Å²) in [7, 11) is 0. The highest BCUT2D eigenvalue weighted by molar-refractivity contribution is 6.31. The van der Waals surface area contributed by atoms with E-state index in [4.69, 9.17) is 16.1 Å². The number of aryl methyl sites for hydroxylation is 1. The smallest absolute Gasteiger partial charge is 0.259 e. The molecule has 0 aliphatic heterocycles. The van der Waals surface area contributed by atoms with Gasteiger partial charge >= 0.3 is 0 Å². The summed E-state index contributed by atoms with van der Waals surface area (Å²) in [5, 5.41) is 12.5. The van der Waals surface area contributed by atoms with Gasteiger partial charge in [-0.15, -0.1) is 0 Å². The normalized spacial score (nSPS) is 11.1. The van der Waals surface area contributed by atoms with Crippen molar-refractivity contribution in [1.82, 2.24) is 19.9 Å². The number of pyridine rings is 1. The quantitative estimate of drug-likeness (QED) is 0.395. The standard InChI is InChI=1S/C24H18ClN5O2/c1-15-22-18(13-20(27-24(22)32-29-15)16-7-3-2-4-8-16)23(31)28-21-11-12-26-30(21)14-17-9-5-6-10-19(17)25/h2-13H,14H2,1H3,(H,28,31). The summed E-state index contributed by atoms with van der Waals surface area (Å²) < 4.78 is 7.07. The first kappa shape index (κ1) is 20.0. The highest BCUT2D eigenvalue weighted by Gasteiger charge is 2.20. The van der Waals surface area contributed by atoms with Crippen LogP contribution in [0.3, 0.4) is 0 Å². The van der Waals surface area contributed by atoms with Crippen LogP contribution >= 0.6 is 11.6 Å². The van der Waals surface area contributed by atoms with E-state index in [0.29, 0.717) is 45.4 Å². The van der Waals surface area contributed by atoms with Crippen LogP contribution in [0.4, 0.5) is 5.82 Å². The second kappa shape index (κ2) is 8.28. The number of aromatic nitrogens is 4. The van der Waals surface area contributed by atoms with Crippen molar-refractivity contribution in [3.05, 3.63) is 94.8 Å². The molecule has 1 N–H and O–H groups in total. The van der Waals surface area contributed by atoms with Crippen molar-refractivity contribution in [2.24, 2.45) is 0 Å². The van der Waals surface area contributed by atoms with Crippen molar-refractivity contribution in [2.45, 2.75) is 13.5 Å². The van der Waals surface area contributed by atoms with Gasteiger partial charge in [0.2, 0.25) is 0 Å². The van der Waals surface area contributed by atoms with E-state index in [-0.39, 0.29) is 5.91 Å². The lowest BCUT2D eigenvalue weighted by Crippen LogP contribution is -2.17. The van der Waals surface area contributed by atoms with Crippen molar-refractivity contribution in [2.75, 3.05) is 5.32 Å². The summed E-state index contributed by atoms with van der Waals surface area (Å²) >= 11 is 6.29. The summed E-state index contributed by atoms with van der Waals surface area (Å²) in [5.74, 6) is 0.247. The molecule has 2 aromatic carbocycles. The maximum absolute atomic E-state index is 13.4. The molecule has 0 aliphatic rings. The molecule has 0 bridgehead atoms. The molecule has 8 heteroatoms. The number of halogens is 1. The number of anilines is 1. The molecule has 0 fully saturated rings. The lowest BCUT2D eigenvalue weighted by molar-refractivity contribution is 0.102. The van der Waals surface area contributed by atoms with E-state index in [2.05, 4.69) is 20.6 Å². The van der Waals surface area contributed by atoms with Crippen molar-refractivity contribution in [1.29, 1.82) is 0 Å². The van der Waals surface area contributed by atoms with Crippen LogP contribution < -0.4 is 5.32 Å². The molecule has 0 radical (unpaired) electrons. The SMILES string of the molecule is Cc1noc2nc(-c3ccccc3)cc(C(=O)Nc3ccnn3Cc3ccccc3Cl)c12. The lowest BCUT2D eigenvalue weighted by Gasteiger charge is -2.11. The molecule has 0 saturated carbocycles. The molecule has 5 aromatic rings. The Morgan fingerprint density at radius 2 is 1.88 bits per heavy atom. The number of hydrogen-bond acceptors (Lipinski definition) is 5. The van der Waals surface area contributed by atoms with Crippen molar-refractivity contribution in [3.63, 3.8) is 0 Å². The van der Waals surface area contributed by atoms with Crippen LogP contribution in [0.15, 0.2) is 77.4 Å². The fraction of sp³-hybridized carbons (Fsp3) is 0.0833. The van der Waals surface area contributed by atoms with E-state index in [1.807, 2.05) is 54.6 Å². The third kappa shape index (κ3) is 3.74. The van der Waals surface area contributed by atoms with Gasteiger partial charge in [0.05, 0.1) is 35.1 Å². The zero-order chi connectivity index (χ0) is 22.1. The van der Waals surface area contributed by atoms with Crippen molar-refractivity contribution >= 4 is 34.4 Å². The summed E-state index contributed by atoms with van der Waals surface area (Å²) in [4.78, 5) is 17.9. The van der Waals surface area contributed by atoms with Gasteiger partial charge in [0.15, 0.2) is 0 Å². The number of amides is 1. The molecule has 5 rings (SSSR count). The number of fused-ring (bicyclic) bond motifs is 1. The Morgan fingerprint density at radius 3 is 2.69 bits per heavy atom. The van der Waals surface area contributed by atoms with Gasteiger partial charge in [0.1, 0.15) is 5.82 Å². The average molecular weight is 444 g/mol. The topological polar surface area (TPSA) is 85.8 Å². The Labute approximate surface area is 188 Å². The van der Waals surface area contributed by atoms with Gasteiger partial charge in [-0.05, 0) is 24.6 Å². The van der Waals surface area contributed by atoms with Crippen LogP contribution in [-0.4, -0.2) is 25.8 Å². The highest BCUT2D eigenvalue weighted by Crippen LogP contribution is 2.28. The number of carbonyl (C=O) groups excluding carboxylic acids is 1. The largest absolute Gasteiger partial charge is 0.335 e. The van der Waals surface area contributed by atoms with Gasteiger partial charge in [-0.1, -0.05) is 65.3 Å². The number of nitrogens with one attached hydrogen (secondary N) is 1. The van der Waals surface area contributed by atoms with E-state index < -0.39 is 0 Å². The van der Waals surface area contributed by atoms with Crippen LogP contribution in [-0.2, 0) is 6.54 Å². The van der Waals surface area contributed by atoms with Crippen LogP contribution in [0.2, 0.25) is 5.02 Å². The van der Waals surface area contributed by atoms with Gasteiger partial charge in [-0.3, -0.25) is 4.79 Å². The number of carbonyl (C=O) groups is 1. The third-order valence-corrected chi connectivity index (χ3v) is 5.54. The predicted octanol–water partition coefficient (Wildman–Crippen LogP) is 5.35. The fourth-order valence-electron chi connectivity index (χ4n) is 3.57. The van der Waals surface area contributed by atoms with E-state index in [1.54, 1.807) is 29.9 Å². The maximum Gasteiger partial charge on any atom is 0.259 e. The minimum absolute atomic E-state index is 0.304. The molecule has 7 nitrogen and oxygen atoms in total. The first-order valence-electron chi connectivity index (χ1n) is 9.99. The first-order chi connectivity index (χ1) is 15.6. The Bertz CT molecular complexity index is 1430. The average Bonchev–Trinajstić information content (AvgIpc) is 3.41. The first-order valence-corrected chi connectivity index (χ1v) is 10.4. The zero-order valence-electron chi connectivity index (χ0n) is 17.1. The molecule has 1 amide bonds. The molecule has 158 valence electrons. The molecule has 0 unspecified atom stereocenters. The van der Waals surface area contributed by atoms with Gasteiger partial charge in [0.25, 0.3) is 11.6 Å². The highest BCUT2D eigenvalue weighted by atomic mass is 35.5. The molecule has 0 atom stereocenters. The number of benzene rings is 2. The minimum atomic E-state index is -0.304. The maximum atomic E-state index is 13.4. The Morgan fingerprint density at radius 1 is 1.09 bits per heavy atom. The molecule has 0 saturated heterocycles. The Kier molecular flexibility index (Phi) is 5.17. The molecule has 32 heavy (non-hydrogen) atoms. The number of nitrogens with zero attached hydrogens (tertiary/aromatic N) is 4. The molecule has 0 spiro atoms. The zero-order valence-corrected chi connectivity index (χ0v) is 17.9. The van der Waals surface area contributed by atoms with Gasteiger partial charge < -0.3 is 9.84 Å². The lowest BCUT2D eigenvalue weighted by atomic mass is 10.1. The Balaban J connectivity index is 1.51. The van der Waals surface area contributed by atoms with Crippen molar-refractivity contribution in [3.8, 4) is 11.3 Å². The number of rotatable bonds is 5. The van der Waals surface area contributed by atoms with Crippen LogP contribution in [0.25, 0.3) is 22.4 Å². The summed E-state index contributed by atoms with van der Waals surface area (Å²) in [5.41, 5.74) is 3.75. The van der Waals surface area contributed by atoms with E-state index in [9.17, 15) is 4.79 Å². The molecule has 3 heterocycles. The van der Waals surface area contributed by atoms with E-state index in [1.165, 1.54) is 0 Å². The van der Waals surface area contributed by atoms with Crippen LogP contribution in [0, 0.1) is 6.92 Å². The predicted molar refractivity (Wildman–Crippen MR) is 123 cm³/mol. The summed E-state index contributed by atoms with van der Waals surface area (Å²) in [6, 6.07) is 20.6. The van der Waals surface area contributed by atoms with Gasteiger partial charge in [0, 0.05) is 16.7 Å². The molecular formula is C24H18ClN5O2. The van der Waals surface area contributed by atoms with E-state index >= 15 is 0 Å². The van der Waals surface area contributed by atoms with Crippen molar-refractivity contribution < 1.29 is 9.32 Å². The molecule has 3 aromatic heterocycles. The fourth-order valence-corrected chi connectivity index (χ4v) is 3.76. The van der Waals surface area contributed by atoms with Gasteiger partial charge in [-0.2, -0.15) is 5.10 Å². The minimum Gasteiger partial charge on any atom is -0.335 e. The van der Waals surface area contributed by atoms with Crippen LogP contribution in [0.5, 0.6) is 0 Å². The molecular weight excluding hydrogens is 426 g/mol. The van der Waals surface area contributed by atoms with Crippen LogP contribution in [0.1, 0.15) is 21.6 Å². The summed E-state index contributed by atoms with van der Waals surface area (Å²) in [6.07, 6.45) is 1.63. The monoisotopic (exact) mass is 443 g/mol. The summed E-state index contributed by atoms with van der Waals surface area (Å²) in [6.45, 7) is 2.21. The Hall–Kier alpha value is -3.97. The van der Waals surface area contributed by atoms with Gasteiger partial charge in [-0.25, -0.2) is 9.67 Å².